The Morgan fingerprint density at radius 3 is 2.70 bits per heavy atom. The van der Waals surface area contributed by atoms with Gasteiger partial charge in [0.2, 0.25) is 0 Å². The number of carbonyl (C=O) groups is 1. The first-order valence-electron chi connectivity index (χ1n) is 9.98. The molecule has 27 heavy (non-hydrogen) atoms. The Kier molecular flexibility index (Phi) is 4.77. The summed E-state index contributed by atoms with van der Waals surface area (Å²) in [5, 5.41) is 3.11. The highest BCUT2D eigenvalue weighted by Gasteiger charge is 2.23. The van der Waals surface area contributed by atoms with E-state index in [2.05, 4.69) is 33.7 Å². The minimum atomic E-state index is -0.178. The maximum Gasteiger partial charge on any atom is 0.253 e. The first-order chi connectivity index (χ1) is 13.0. The van der Waals surface area contributed by atoms with Gasteiger partial charge in [-0.15, -0.1) is 0 Å². The van der Waals surface area contributed by atoms with Crippen LogP contribution in [0.2, 0.25) is 0 Å². The van der Waals surface area contributed by atoms with E-state index in [0.717, 1.165) is 28.1 Å². The van der Waals surface area contributed by atoms with Crippen molar-refractivity contribution >= 4 is 16.9 Å². The van der Waals surface area contributed by atoms with Crippen molar-refractivity contribution in [1.82, 2.24) is 19.9 Å². The summed E-state index contributed by atoms with van der Waals surface area (Å²) in [5.41, 5.74) is 4.95. The largest absolute Gasteiger partial charge is 0.345 e. The summed E-state index contributed by atoms with van der Waals surface area (Å²) in [5.74, 6) is 0.753. The van der Waals surface area contributed by atoms with Crippen LogP contribution in [0.1, 0.15) is 78.7 Å². The predicted octanol–water partition coefficient (Wildman–Crippen LogP) is 4.98. The standard InChI is InChI=1S/C22H28N4O/c1-14-13-18(16(3)26(14)17-9-5-4-6-10-17)22(27)23-15(2)21-24-19-11-7-8-12-20(19)25-21/h7-8,11-13,15,17H,4-6,9-10H2,1-3H3,(H,23,27)(H,24,25). The zero-order chi connectivity index (χ0) is 19.0. The molecule has 1 saturated carbocycles. The van der Waals surface area contributed by atoms with E-state index < -0.39 is 0 Å². The minimum Gasteiger partial charge on any atom is -0.345 e. The molecule has 1 unspecified atom stereocenters. The Morgan fingerprint density at radius 1 is 1.22 bits per heavy atom. The van der Waals surface area contributed by atoms with Gasteiger partial charge in [-0.25, -0.2) is 4.98 Å². The van der Waals surface area contributed by atoms with Crippen LogP contribution in [-0.4, -0.2) is 20.4 Å². The first kappa shape index (κ1) is 17.8. The van der Waals surface area contributed by atoms with Crippen LogP contribution in [0, 0.1) is 13.8 Å². The number of nitrogens with zero attached hydrogens (tertiary/aromatic N) is 2. The number of hydrogen-bond acceptors (Lipinski definition) is 2. The molecule has 142 valence electrons. The maximum atomic E-state index is 12.9. The Hall–Kier alpha value is -2.56. The van der Waals surface area contributed by atoms with E-state index >= 15 is 0 Å². The lowest BCUT2D eigenvalue weighted by molar-refractivity contribution is 0.0937. The van der Waals surface area contributed by atoms with Crippen molar-refractivity contribution < 1.29 is 4.79 Å². The first-order valence-corrected chi connectivity index (χ1v) is 9.98. The van der Waals surface area contributed by atoms with Crippen molar-refractivity contribution in [1.29, 1.82) is 0 Å². The van der Waals surface area contributed by atoms with Gasteiger partial charge in [0.1, 0.15) is 5.82 Å². The summed E-state index contributed by atoms with van der Waals surface area (Å²) >= 11 is 0. The van der Waals surface area contributed by atoms with Crippen molar-refractivity contribution in [3.8, 4) is 0 Å². The number of rotatable bonds is 4. The number of benzene rings is 1. The van der Waals surface area contributed by atoms with Gasteiger partial charge < -0.3 is 14.9 Å². The number of carbonyl (C=O) groups excluding carboxylic acids is 1. The maximum absolute atomic E-state index is 12.9. The van der Waals surface area contributed by atoms with Crippen LogP contribution in [0.5, 0.6) is 0 Å². The molecule has 0 radical (unpaired) electrons. The lowest BCUT2D eigenvalue weighted by Crippen LogP contribution is -2.28. The van der Waals surface area contributed by atoms with Crippen LogP contribution < -0.4 is 5.32 Å². The SMILES string of the molecule is Cc1cc(C(=O)NC(C)c2nc3ccccc3[nH]2)c(C)n1C1CCCCC1. The molecule has 2 heterocycles. The molecule has 2 aromatic heterocycles. The highest BCUT2D eigenvalue weighted by atomic mass is 16.1. The van der Waals surface area contributed by atoms with E-state index in [9.17, 15) is 4.79 Å². The molecule has 1 aromatic carbocycles. The number of para-hydroxylation sites is 2. The Morgan fingerprint density at radius 2 is 1.96 bits per heavy atom. The van der Waals surface area contributed by atoms with Crippen molar-refractivity contribution in [2.75, 3.05) is 0 Å². The van der Waals surface area contributed by atoms with Crippen molar-refractivity contribution in [2.45, 2.75) is 65.0 Å². The van der Waals surface area contributed by atoms with Crippen LogP contribution in [0.4, 0.5) is 0 Å². The number of imidazole rings is 1. The van der Waals surface area contributed by atoms with Crippen molar-refractivity contribution in [3.05, 3.63) is 53.1 Å². The molecule has 5 nitrogen and oxygen atoms in total. The molecule has 1 fully saturated rings. The second-order valence-electron chi connectivity index (χ2n) is 7.78. The van der Waals surface area contributed by atoms with Crippen LogP contribution in [0.15, 0.2) is 30.3 Å². The highest BCUT2D eigenvalue weighted by Crippen LogP contribution is 2.32. The Balaban J connectivity index is 1.54. The monoisotopic (exact) mass is 364 g/mol. The van der Waals surface area contributed by atoms with Gasteiger partial charge in [0.05, 0.1) is 22.6 Å². The lowest BCUT2D eigenvalue weighted by Gasteiger charge is -2.26. The molecule has 1 atom stereocenters. The van der Waals surface area contributed by atoms with Crippen LogP contribution >= 0.6 is 0 Å². The van der Waals surface area contributed by atoms with Gasteiger partial charge in [-0.3, -0.25) is 4.79 Å². The average Bonchev–Trinajstić information content (AvgIpc) is 3.23. The van der Waals surface area contributed by atoms with Crippen molar-refractivity contribution in [2.24, 2.45) is 0 Å². The summed E-state index contributed by atoms with van der Waals surface area (Å²) < 4.78 is 2.37. The second-order valence-corrected chi connectivity index (χ2v) is 7.78. The van der Waals surface area contributed by atoms with Crippen LogP contribution in [0.25, 0.3) is 11.0 Å². The molecule has 0 saturated heterocycles. The van der Waals surface area contributed by atoms with Gasteiger partial charge in [-0.1, -0.05) is 31.4 Å². The molecular formula is C22H28N4O. The smallest absolute Gasteiger partial charge is 0.253 e. The molecule has 3 aromatic rings. The second kappa shape index (κ2) is 7.22. The number of aryl methyl sites for hydroxylation is 1. The third-order valence-electron chi connectivity index (χ3n) is 5.83. The van der Waals surface area contributed by atoms with Gasteiger partial charge in [-0.05, 0) is 51.8 Å². The van der Waals surface area contributed by atoms with Gasteiger partial charge in [0.15, 0.2) is 0 Å². The minimum absolute atomic E-state index is 0.0295. The average molecular weight is 364 g/mol. The molecule has 1 amide bonds. The zero-order valence-electron chi connectivity index (χ0n) is 16.4. The highest BCUT2D eigenvalue weighted by molar-refractivity contribution is 5.96. The van der Waals surface area contributed by atoms with E-state index in [4.69, 9.17) is 0 Å². The summed E-state index contributed by atoms with van der Waals surface area (Å²) in [7, 11) is 0. The Labute approximate surface area is 160 Å². The molecule has 0 aliphatic heterocycles. The number of aromatic amines is 1. The molecular weight excluding hydrogens is 336 g/mol. The molecule has 4 rings (SSSR count). The lowest BCUT2D eigenvalue weighted by atomic mass is 9.95. The van der Waals surface area contributed by atoms with E-state index in [-0.39, 0.29) is 11.9 Å². The fourth-order valence-corrected chi connectivity index (χ4v) is 4.43. The Bertz CT molecular complexity index is 929. The van der Waals surface area contributed by atoms with Gasteiger partial charge in [-0.2, -0.15) is 0 Å². The quantitative estimate of drug-likeness (QED) is 0.686. The van der Waals surface area contributed by atoms with Crippen molar-refractivity contribution in [3.63, 3.8) is 0 Å². The number of H-pyrrole nitrogens is 1. The van der Waals surface area contributed by atoms with Gasteiger partial charge in [0.25, 0.3) is 5.91 Å². The number of nitrogens with one attached hydrogen (secondary N) is 2. The topological polar surface area (TPSA) is 62.7 Å². The zero-order valence-corrected chi connectivity index (χ0v) is 16.4. The van der Waals surface area contributed by atoms with Crippen LogP contribution in [0.3, 0.4) is 0 Å². The number of fused-ring (bicyclic) bond motifs is 1. The summed E-state index contributed by atoms with van der Waals surface area (Å²) in [6.45, 7) is 6.15. The van der Waals surface area contributed by atoms with E-state index in [1.54, 1.807) is 0 Å². The van der Waals surface area contributed by atoms with E-state index in [1.807, 2.05) is 37.3 Å². The fraction of sp³-hybridized carbons (Fsp3) is 0.455. The third-order valence-corrected chi connectivity index (χ3v) is 5.83. The molecule has 2 N–H and O–H groups in total. The number of hydrogen-bond donors (Lipinski definition) is 2. The fourth-order valence-electron chi connectivity index (χ4n) is 4.43. The summed E-state index contributed by atoms with van der Waals surface area (Å²) in [4.78, 5) is 20.9. The molecule has 0 bridgehead atoms. The van der Waals surface area contributed by atoms with Crippen LogP contribution in [-0.2, 0) is 0 Å². The molecule has 1 aliphatic rings. The normalized spacial score (nSPS) is 16.6. The predicted molar refractivity (Wildman–Crippen MR) is 108 cm³/mol. The van der Waals surface area contributed by atoms with Gasteiger partial charge >= 0.3 is 0 Å². The third kappa shape index (κ3) is 3.38. The van der Waals surface area contributed by atoms with E-state index in [1.165, 1.54) is 37.8 Å². The molecule has 0 spiro atoms. The summed E-state index contributed by atoms with van der Waals surface area (Å²) in [6, 6.07) is 10.3. The van der Waals surface area contributed by atoms with E-state index in [0.29, 0.717) is 6.04 Å². The summed E-state index contributed by atoms with van der Waals surface area (Å²) in [6.07, 6.45) is 6.33. The molecule has 5 heteroatoms. The molecule has 1 aliphatic carbocycles. The number of amides is 1. The van der Waals surface area contributed by atoms with Gasteiger partial charge in [0, 0.05) is 17.4 Å². The number of aromatic nitrogens is 3.